The van der Waals surface area contributed by atoms with Crippen molar-refractivity contribution in [2.75, 3.05) is 26.2 Å². The van der Waals surface area contributed by atoms with Gasteiger partial charge in [0.2, 0.25) is 35.4 Å². The van der Waals surface area contributed by atoms with Crippen molar-refractivity contribution in [2.24, 2.45) is 34.0 Å². The standard InChI is InChI=1S/C36H62N10O8/c1-20(2)18-23(37)29(47)42-24(10-6-14-40-36(38)39)30(48)43-25(19-21(3)4)33(51)45-16-8-12-27(45)34(52)44-15-7-11-26(44)31(49)41-22(5)32(50)46-17-9-13-28(46)35(53)54/h20-28H,6-19,37H2,1-5H3,(H,41,49)(H,42,47)(H,43,48)(H,53,54)(H4,38,39,40)/t22-,23-,24-,25-,26-,27-,28-/m0/s1. The number of hydrogen-bond donors (Lipinski definition) is 7. The van der Waals surface area contributed by atoms with Crippen molar-refractivity contribution in [3.8, 4) is 0 Å². The van der Waals surface area contributed by atoms with Crippen molar-refractivity contribution in [2.45, 2.75) is 141 Å². The van der Waals surface area contributed by atoms with E-state index in [2.05, 4.69) is 20.9 Å². The zero-order valence-electron chi connectivity index (χ0n) is 32.4. The lowest BCUT2D eigenvalue weighted by Crippen LogP contribution is -2.59. The van der Waals surface area contributed by atoms with Gasteiger partial charge in [-0.1, -0.05) is 27.7 Å². The fourth-order valence-electron chi connectivity index (χ4n) is 7.52. The molecular formula is C36H62N10O8. The number of likely N-dealkylation sites (tertiary alicyclic amines) is 3. The number of carbonyl (C=O) groups excluding carboxylic acids is 6. The smallest absolute Gasteiger partial charge is 0.326 e. The zero-order chi connectivity index (χ0) is 40.3. The molecule has 18 nitrogen and oxygen atoms in total. The molecule has 0 bridgehead atoms. The quantitative estimate of drug-likeness (QED) is 0.0505. The summed E-state index contributed by atoms with van der Waals surface area (Å²) >= 11 is 0. The second kappa shape index (κ2) is 20.3. The first kappa shape index (κ1) is 43.9. The van der Waals surface area contributed by atoms with Crippen LogP contribution in [0.2, 0.25) is 0 Å². The molecule has 0 aromatic carbocycles. The predicted octanol–water partition coefficient (Wildman–Crippen LogP) is -1.01. The largest absolute Gasteiger partial charge is 0.480 e. The molecule has 3 aliphatic rings. The Labute approximate surface area is 317 Å². The molecule has 0 radical (unpaired) electrons. The van der Waals surface area contributed by atoms with E-state index in [-0.39, 0.29) is 62.7 Å². The van der Waals surface area contributed by atoms with Crippen LogP contribution >= 0.6 is 0 Å². The molecule has 18 heteroatoms. The van der Waals surface area contributed by atoms with Crippen molar-refractivity contribution in [3.63, 3.8) is 0 Å². The number of nitrogens with zero attached hydrogens (tertiary/aromatic N) is 4. The minimum absolute atomic E-state index is 0.0203. The fourth-order valence-corrected chi connectivity index (χ4v) is 7.52. The van der Waals surface area contributed by atoms with Gasteiger partial charge >= 0.3 is 5.97 Å². The van der Waals surface area contributed by atoms with E-state index in [0.29, 0.717) is 51.4 Å². The number of carbonyl (C=O) groups is 7. The van der Waals surface area contributed by atoms with E-state index in [1.54, 1.807) is 0 Å². The van der Waals surface area contributed by atoms with E-state index < -0.39 is 77.8 Å². The molecule has 3 saturated heterocycles. The molecule has 7 atom stereocenters. The minimum Gasteiger partial charge on any atom is -0.480 e. The van der Waals surface area contributed by atoms with Gasteiger partial charge in [0.25, 0.3) is 0 Å². The van der Waals surface area contributed by atoms with Gasteiger partial charge < -0.3 is 53.0 Å². The Morgan fingerprint density at radius 2 is 1.24 bits per heavy atom. The molecule has 0 saturated carbocycles. The van der Waals surface area contributed by atoms with E-state index in [9.17, 15) is 38.7 Å². The first-order chi connectivity index (χ1) is 25.4. The number of hydrogen-bond acceptors (Lipinski definition) is 9. The molecule has 0 aliphatic carbocycles. The molecule has 304 valence electrons. The third kappa shape index (κ3) is 12.0. The van der Waals surface area contributed by atoms with Gasteiger partial charge in [-0.3, -0.25) is 33.8 Å². The van der Waals surface area contributed by atoms with Crippen LogP contribution in [0.4, 0.5) is 0 Å². The van der Waals surface area contributed by atoms with Crippen molar-refractivity contribution in [1.82, 2.24) is 30.7 Å². The Hall–Kier alpha value is -4.48. The van der Waals surface area contributed by atoms with Crippen LogP contribution in [0.5, 0.6) is 0 Å². The summed E-state index contributed by atoms with van der Waals surface area (Å²) in [6, 6.07) is -6.52. The highest BCUT2D eigenvalue weighted by molar-refractivity contribution is 5.97. The Morgan fingerprint density at radius 3 is 1.81 bits per heavy atom. The highest BCUT2D eigenvalue weighted by Crippen LogP contribution is 2.27. The van der Waals surface area contributed by atoms with Crippen molar-refractivity contribution < 1.29 is 38.7 Å². The second-order valence-corrected chi connectivity index (χ2v) is 15.6. The van der Waals surface area contributed by atoms with Crippen LogP contribution in [0.3, 0.4) is 0 Å². The van der Waals surface area contributed by atoms with E-state index in [1.165, 1.54) is 21.6 Å². The van der Waals surface area contributed by atoms with E-state index in [0.717, 1.165) is 0 Å². The van der Waals surface area contributed by atoms with Gasteiger partial charge in [0.05, 0.1) is 6.04 Å². The van der Waals surface area contributed by atoms with E-state index >= 15 is 0 Å². The number of nitrogens with two attached hydrogens (primary N) is 3. The number of guanidine groups is 1. The number of rotatable bonds is 18. The molecule has 0 unspecified atom stereocenters. The molecule has 0 aromatic rings. The van der Waals surface area contributed by atoms with Crippen LogP contribution in [0.25, 0.3) is 0 Å². The van der Waals surface area contributed by atoms with Crippen molar-refractivity contribution in [1.29, 1.82) is 0 Å². The van der Waals surface area contributed by atoms with E-state index in [4.69, 9.17) is 17.2 Å². The highest BCUT2D eigenvalue weighted by atomic mass is 16.4. The van der Waals surface area contributed by atoms with Gasteiger partial charge in [0, 0.05) is 26.2 Å². The summed E-state index contributed by atoms with van der Waals surface area (Å²) < 4.78 is 0. The zero-order valence-corrected chi connectivity index (χ0v) is 32.4. The first-order valence-electron chi connectivity index (χ1n) is 19.3. The predicted molar refractivity (Wildman–Crippen MR) is 200 cm³/mol. The van der Waals surface area contributed by atoms with Gasteiger partial charge in [-0.15, -0.1) is 0 Å². The molecule has 3 aliphatic heterocycles. The Balaban J connectivity index is 1.73. The van der Waals surface area contributed by atoms with Gasteiger partial charge in [0.15, 0.2) is 5.96 Å². The minimum atomic E-state index is -1.09. The Bertz CT molecular complexity index is 1400. The van der Waals surface area contributed by atoms with Gasteiger partial charge in [-0.25, -0.2) is 4.79 Å². The van der Waals surface area contributed by atoms with Crippen LogP contribution in [0.1, 0.15) is 98.8 Å². The van der Waals surface area contributed by atoms with Crippen molar-refractivity contribution in [3.05, 3.63) is 0 Å². The normalized spacial score (nSPS) is 22.1. The average molecular weight is 763 g/mol. The Morgan fingerprint density at radius 1 is 0.704 bits per heavy atom. The lowest BCUT2D eigenvalue weighted by Gasteiger charge is -2.34. The summed E-state index contributed by atoms with van der Waals surface area (Å²) in [5.41, 5.74) is 17.0. The summed E-state index contributed by atoms with van der Waals surface area (Å²) in [4.78, 5) is 101. The molecule has 6 amide bonds. The number of carboxylic acid groups (broad SMARTS) is 1. The summed E-state index contributed by atoms with van der Waals surface area (Å²) in [5, 5.41) is 17.8. The van der Waals surface area contributed by atoms with Crippen molar-refractivity contribution >= 4 is 47.4 Å². The first-order valence-corrected chi connectivity index (χ1v) is 19.3. The molecule has 3 heterocycles. The topological polar surface area (TPSA) is 276 Å². The summed E-state index contributed by atoms with van der Waals surface area (Å²) in [6.07, 6.45) is 3.94. The molecule has 0 aromatic heterocycles. The van der Waals surface area contributed by atoms with Crippen LogP contribution in [0, 0.1) is 11.8 Å². The number of carboxylic acids is 1. The van der Waals surface area contributed by atoms with Crippen LogP contribution < -0.4 is 33.2 Å². The molecule has 3 rings (SSSR count). The lowest BCUT2D eigenvalue weighted by atomic mass is 10.0. The average Bonchev–Trinajstić information content (AvgIpc) is 3.89. The number of nitrogens with one attached hydrogen (secondary N) is 3. The van der Waals surface area contributed by atoms with Crippen LogP contribution in [0.15, 0.2) is 4.99 Å². The van der Waals surface area contributed by atoms with E-state index in [1.807, 2.05) is 27.7 Å². The third-order valence-electron chi connectivity index (χ3n) is 10.2. The maximum Gasteiger partial charge on any atom is 0.326 e. The number of amides is 6. The highest BCUT2D eigenvalue weighted by Gasteiger charge is 2.45. The molecule has 0 spiro atoms. The van der Waals surface area contributed by atoms with Crippen LogP contribution in [-0.2, 0) is 33.6 Å². The molecular weight excluding hydrogens is 700 g/mol. The van der Waals surface area contributed by atoms with Gasteiger partial charge in [0.1, 0.15) is 36.3 Å². The summed E-state index contributed by atoms with van der Waals surface area (Å²) in [5.74, 6) is -3.97. The second-order valence-electron chi connectivity index (χ2n) is 15.6. The summed E-state index contributed by atoms with van der Waals surface area (Å²) in [6.45, 7) is 10.3. The third-order valence-corrected chi connectivity index (χ3v) is 10.2. The lowest BCUT2D eigenvalue weighted by molar-refractivity contribution is -0.150. The van der Waals surface area contributed by atoms with Crippen LogP contribution in [-0.4, -0.2) is 136 Å². The fraction of sp³-hybridized carbons (Fsp3) is 0.778. The van der Waals surface area contributed by atoms with Gasteiger partial charge in [-0.2, -0.15) is 0 Å². The number of aliphatic carboxylic acids is 1. The monoisotopic (exact) mass is 762 g/mol. The molecule has 10 N–H and O–H groups in total. The SMILES string of the molecule is CC(C)C[C@H](NC(=O)[C@H](CCCN=C(N)N)NC(=O)[C@@H](N)CC(C)C)C(=O)N1CCC[C@H]1C(=O)N1CCC[C@H]1C(=O)N[C@@H](C)C(=O)N1CCC[C@H]1C(=O)O. The number of aliphatic imine (C=N–C) groups is 1. The molecule has 54 heavy (non-hydrogen) atoms. The summed E-state index contributed by atoms with van der Waals surface area (Å²) in [7, 11) is 0. The van der Waals surface area contributed by atoms with Gasteiger partial charge in [-0.05, 0) is 83.0 Å². The molecule has 3 fully saturated rings. The Kier molecular flexibility index (Phi) is 16.5. The maximum absolute atomic E-state index is 14.2. The maximum atomic E-state index is 14.2.